The van der Waals surface area contributed by atoms with Crippen molar-refractivity contribution < 1.29 is 18.7 Å². The van der Waals surface area contributed by atoms with Gasteiger partial charge in [-0.15, -0.1) is 11.8 Å². The fourth-order valence-electron chi connectivity index (χ4n) is 4.89. The van der Waals surface area contributed by atoms with E-state index in [9.17, 15) is 14.0 Å². The van der Waals surface area contributed by atoms with Gasteiger partial charge >= 0.3 is 6.09 Å². The van der Waals surface area contributed by atoms with E-state index in [-0.39, 0.29) is 24.3 Å². The average molecular weight is 544 g/mol. The molecule has 0 radical (unpaired) electrons. The Morgan fingerprint density at radius 3 is 2.39 bits per heavy atom. The summed E-state index contributed by atoms with van der Waals surface area (Å²) in [5.41, 5.74) is 2.31. The average Bonchev–Trinajstić information content (AvgIpc) is 3.25. The molecule has 10 heteroatoms. The molecule has 2 atom stereocenters. The van der Waals surface area contributed by atoms with Gasteiger partial charge in [0.2, 0.25) is 5.91 Å². The molecule has 38 heavy (non-hydrogen) atoms. The number of thioether (sulfide) groups is 1. The van der Waals surface area contributed by atoms with Gasteiger partial charge in [-0.3, -0.25) is 4.79 Å². The lowest BCUT2D eigenvalue weighted by Gasteiger charge is -2.39. The predicted octanol–water partition coefficient (Wildman–Crippen LogP) is 5.00. The monoisotopic (exact) mass is 543 g/mol. The molecule has 2 amide bonds. The second-order valence-corrected chi connectivity index (χ2v) is 12.5. The molecule has 1 aromatic heterocycles. The third-order valence-electron chi connectivity index (χ3n) is 6.91. The minimum Gasteiger partial charge on any atom is -0.444 e. The Labute approximate surface area is 228 Å². The van der Waals surface area contributed by atoms with Crippen LogP contribution in [0.1, 0.15) is 69.5 Å². The molecule has 2 aliphatic rings. The zero-order chi connectivity index (χ0) is 27.6. The number of nitrogens with zero attached hydrogens (tertiary/aromatic N) is 5. The predicted molar refractivity (Wildman–Crippen MR) is 148 cm³/mol. The highest BCUT2D eigenvalue weighted by molar-refractivity contribution is 7.99. The first kappa shape index (κ1) is 28.1. The first-order valence-corrected chi connectivity index (χ1v) is 14.2. The highest BCUT2D eigenvalue weighted by Gasteiger charge is 2.35. The largest absolute Gasteiger partial charge is 0.444 e. The molecule has 0 N–H and O–H groups in total. The van der Waals surface area contributed by atoms with E-state index in [1.54, 1.807) is 23.4 Å². The minimum absolute atomic E-state index is 0.0812. The highest BCUT2D eigenvalue weighted by atomic mass is 32.2. The molecule has 2 aliphatic heterocycles. The number of amides is 2. The van der Waals surface area contributed by atoms with E-state index in [2.05, 4.69) is 21.8 Å². The van der Waals surface area contributed by atoms with Crippen molar-refractivity contribution in [3.63, 3.8) is 0 Å². The van der Waals surface area contributed by atoms with Crippen LogP contribution in [0.25, 0.3) is 0 Å². The van der Waals surface area contributed by atoms with E-state index in [4.69, 9.17) is 4.74 Å². The number of hydrogen-bond acceptors (Lipinski definition) is 7. The molecule has 8 nitrogen and oxygen atoms in total. The van der Waals surface area contributed by atoms with Gasteiger partial charge in [0.05, 0.1) is 11.6 Å². The third-order valence-corrected chi connectivity index (χ3v) is 8.09. The smallest absolute Gasteiger partial charge is 0.410 e. The molecule has 0 spiro atoms. The SMILES string of the molecule is CC1SCc2ncnc(N3CCN(C(=O)C(CN(C(=O)OC(C)(C)C)C(C)C)c4ccc(F)cc4)CC3)c21. The van der Waals surface area contributed by atoms with Crippen molar-refractivity contribution in [1.82, 2.24) is 19.8 Å². The van der Waals surface area contributed by atoms with Gasteiger partial charge in [-0.1, -0.05) is 12.1 Å². The molecule has 0 bridgehead atoms. The van der Waals surface area contributed by atoms with Crippen molar-refractivity contribution in [3.05, 3.63) is 53.2 Å². The standard InChI is InChI=1S/C28H38FN5O3S/c1-18(2)34(27(36)37-28(4,5)6)15-22(20-7-9-21(29)10-8-20)26(35)33-13-11-32(12-14-33)25-24-19(3)38-16-23(24)30-17-31-25/h7-10,17-19,22H,11-16H2,1-6H3. The lowest BCUT2D eigenvalue weighted by molar-refractivity contribution is -0.133. The Hall–Kier alpha value is -2.88. The number of benzene rings is 1. The van der Waals surface area contributed by atoms with E-state index >= 15 is 0 Å². The van der Waals surface area contributed by atoms with Crippen LogP contribution in [0.15, 0.2) is 30.6 Å². The van der Waals surface area contributed by atoms with Crippen LogP contribution in [-0.4, -0.2) is 76.1 Å². The molecule has 4 rings (SSSR count). The number of anilines is 1. The molecule has 1 aromatic carbocycles. The third kappa shape index (κ3) is 6.39. The van der Waals surface area contributed by atoms with E-state index < -0.39 is 17.6 Å². The summed E-state index contributed by atoms with van der Waals surface area (Å²) in [4.78, 5) is 41.7. The topological polar surface area (TPSA) is 78.9 Å². The van der Waals surface area contributed by atoms with Gasteiger partial charge in [-0.25, -0.2) is 19.2 Å². The van der Waals surface area contributed by atoms with Gasteiger partial charge < -0.3 is 19.4 Å². The molecule has 1 fully saturated rings. The van der Waals surface area contributed by atoms with Crippen LogP contribution in [-0.2, 0) is 15.3 Å². The first-order chi connectivity index (χ1) is 17.9. The second kappa shape index (κ2) is 11.5. The van der Waals surface area contributed by atoms with Gasteiger partial charge in [-0.2, -0.15) is 0 Å². The summed E-state index contributed by atoms with van der Waals surface area (Å²) in [6.07, 6.45) is 1.16. The van der Waals surface area contributed by atoms with Crippen molar-refractivity contribution in [2.75, 3.05) is 37.6 Å². The van der Waals surface area contributed by atoms with Crippen LogP contribution in [0, 0.1) is 5.82 Å². The Morgan fingerprint density at radius 1 is 1.13 bits per heavy atom. The van der Waals surface area contributed by atoms with Crippen LogP contribution in [0.4, 0.5) is 15.0 Å². The van der Waals surface area contributed by atoms with Crippen molar-refractivity contribution in [2.45, 2.75) is 70.1 Å². The Kier molecular flexibility index (Phi) is 8.49. The normalized spacial score (nSPS) is 18.4. The molecule has 0 saturated carbocycles. The molecule has 0 aliphatic carbocycles. The molecule has 2 aromatic rings. The number of aromatic nitrogens is 2. The molecule has 3 heterocycles. The number of halogens is 1. The quantitative estimate of drug-likeness (QED) is 0.507. The number of ether oxygens (including phenoxy) is 1. The van der Waals surface area contributed by atoms with Crippen LogP contribution in [0.3, 0.4) is 0 Å². The van der Waals surface area contributed by atoms with E-state index in [0.29, 0.717) is 37.0 Å². The maximum absolute atomic E-state index is 13.9. The van der Waals surface area contributed by atoms with Crippen molar-refractivity contribution >= 4 is 29.6 Å². The minimum atomic E-state index is -0.660. The maximum atomic E-state index is 13.9. The summed E-state index contributed by atoms with van der Waals surface area (Å²) >= 11 is 1.86. The number of piperazine rings is 1. The van der Waals surface area contributed by atoms with Gasteiger partial charge in [0.1, 0.15) is 23.6 Å². The Bertz CT molecular complexity index is 1150. The number of rotatable bonds is 6. The summed E-state index contributed by atoms with van der Waals surface area (Å²) in [5, 5.41) is 0.346. The number of hydrogen-bond donors (Lipinski definition) is 0. The molecular weight excluding hydrogens is 505 g/mol. The van der Waals surface area contributed by atoms with E-state index in [1.807, 2.05) is 51.3 Å². The van der Waals surface area contributed by atoms with E-state index in [0.717, 1.165) is 17.3 Å². The summed E-state index contributed by atoms with van der Waals surface area (Å²) in [7, 11) is 0. The Balaban J connectivity index is 1.52. The Morgan fingerprint density at radius 2 is 1.79 bits per heavy atom. The van der Waals surface area contributed by atoms with Crippen molar-refractivity contribution in [2.24, 2.45) is 0 Å². The van der Waals surface area contributed by atoms with Gasteiger partial charge in [-0.05, 0) is 59.2 Å². The number of fused-ring (bicyclic) bond motifs is 1. The fraction of sp³-hybridized carbons (Fsp3) is 0.571. The summed E-state index contributed by atoms with van der Waals surface area (Å²) in [6.45, 7) is 13.9. The number of carbonyl (C=O) groups is 2. The number of carbonyl (C=O) groups excluding carboxylic acids is 2. The van der Waals surface area contributed by atoms with Gasteiger partial charge in [0, 0.05) is 55.3 Å². The molecular formula is C28H38FN5O3S. The zero-order valence-electron chi connectivity index (χ0n) is 23.1. The highest BCUT2D eigenvalue weighted by Crippen LogP contribution is 2.44. The second-order valence-electron chi connectivity index (χ2n) is 11.2. The van der Waals surface area contributed by atoms with Crippen LogP contribution < -0.4 is 4.90 Å². The van der Waals surface area contributed by atoms with E-state index in [1.165, 1.54) is 17.7 Å². The van der Waals surface area contributed by atoms with Gasteiger partial charge in [0.25, 0.3) is 0 Å². The zero-order valence-corrected chi connectivity index (χ0v) is 23.9. The summed E-state index contributed by atoms with van der Waals surface area (Å²) < 4.78 is 19.4. The fourth-order valence-corrected chi connectivity index (χ4v) is 5.93. The lowest BCUT2D eigenvalue weighted by Crippen LogP contribution is -2.52. The van der Waals surface area contributed by atoms with Gasteiger partial charge in [0.15, 0.2) is 0 Å². The van der Waals surface area contributed by atoms with Crippen LogP contribution >= 0.6 is 11.8 Å². The summed E-state index contributed by atoms with van der Waals surface area (Å²) in [6, 6.07) is 5.79. The van der Waals surface area contributed by atoms with Crippen molar-refractivity contribution in [3.8, 4) is 0 Å². The molecule has 2 unspecified atom stereocenters. The lowest BCUT2D eigenvalue weighted by atomic mass is 9.95. The maximum Gasteiger partial charge on any atom is 0.410 e. The van der Waals surface area contributed by atoms with Crippen molar-refractivity contribution in [1.29, 1.82) is 0 Å². The summed E-state index contributed by atoms with van der Waals surface area (Å²) in [5.74, 6) is 0.768. The first-order valence-electron chi connectivity index (χ1n) is 13.2. The molecule has 206 valence electrons. The van der Waals surface area contributed by atoms with Crippen LogP contribution in [0.5, 0.6) is 0 Å². The van der Waals surface area contributed by atoms with Crippen LogP contribution in [0.2, 0.25) is 0 Å². The molecule has 1 saturated heterocycles.